The molecule has 1 fully saturated rings. The summed E-state index contributed by atoms with van der Waals surface area (Å²) in [7, 11) is -4.14. The predicted octanol–water partition coefficient (Wildman–Crippen LogP) is 3.40. The average molecular weight is 512 g/mol. The molecule has 4 rings (SSSR count). The Kier molecular flexibility index (Phi) is 7.78. The van der Waals surface area contributed by atoms with E-state index in [9.17, 15) is 22.8 Å². The van der Waals surface area contributed by atoms with Gasteiger partial charge in [-0.05, 0) is 43.9 Å². The molecule has 0 radical (unpaired) electrons. The van der Waals surface area contributed by atoms with Gasteiger partial charge in [0.15, 0.2) is 0 Å². The average Bonchev–Trinajstić information content (AvgIpc) is 3.05. The van der Waals surface area contributed by atoms with Crippen LogP contribution in [-0.2, 0) is 26.2 Å². The smallest absolute Gasteiger partial charge is 0.269 e. The molecule has 0 spiro atoms. The molecule has 2 aromatic carbocycles. The zero-order valence-electron chi connectivity index (χ0n) is 20.8. The molecule has 1 heterocycles. The maximum absolute atomic E-state index is 13.7. The van der Waals surface area contributed by atoms with Gasteiger partial charge in [0.1, 0.15) is 17.5 Å². The van der Waals surface area contributed by atoms with E-state index < -0.39 is 34.4 Å². The number of fused-ring (bicyclic) bond motifs is 1. The maximum Gasteiger partial charge on any atom is 0.269 e. The summed E-state index contributed by atoms with van der Waals surface area (Å²) in [4.78, 5) is 41.2. The Labute approximate surface area is 212 Å². The summed E-state index contributed by atoms with van der Waals surface area (Å²) < 4.78 is 26.7. The lowest BCUT2D eigenvalue weighted by atomic mass is 9.95. The van der Waals surface area contributed by atoms with Crippen molar-refractivity contribution in [1.29, 1.82) is 0 Å². The lowest BCUT2D eigenvalue weighted by Crippen LogP contribution is -2.53. The van der Waals surface area contributed by atoms with Gasteiger partial charge in [-0.1, -0.05) is 68.1 Å². The van der Waals surface area contributed by atoms with Crippen LogP contribution in [0.4, 0.5) is 0 Å². The third kappa shape index (κ3) is 5.31. The number of hydrogen-bond acceptors (Lipinski definition) is 5. The van der Waals surface area contributed by atoms with Gasteiger partial charge < -0.3 is 10.2 Å². The second kappa shape index (κ2) is 10.8. The van der Waals surface area contributed by atoms with E-state index in [0.29, 0.717) is 10.7 Å². The maximum atomic E-state index is 13.7. The minimum absolute atomic E-state index is 0.0533. The summed E-state index contributed by atoms with van der Waals surface area (Å²) in [6, 6.07) is 12.8. The fourth-order valence-electron chi connectivity index (χ4n) is 5.07. The monoisotopic (exact) mass is 511 g/mol. The van der Waals surface area contributed by atoms with Gasteiger partial charge in [-0.15, -0.1) is 0 Å². The van der Waals surface area contributed by atoms with Crippen molar-refractivity contribution in [2.45, 2.75) is 75.9 Å². The van der Waals surface area contributed by atoms with Crippen molar-refractivity contribution < 1.29 is 22.8 Å². The minimum atomic E-state index is -4.14. The van der Waals surface area contributed by atoms with E-state index in [1.807, 2.05) is 38.1 Å². The molecule has 1 unspecified atom stereocenters. The molecular formula is C27H33N3O5S. The number of nitrogens with zero attached hydrogens (tertiary/aromatic N) is 2. The molecule has 1 aliphatic heterocycles. The minimum Gasteiger partial charge on any atom is -0.352 e. The van der Waals surface area contributed by atoms with Crippen LogP contribution >= 0.6 is 0 Å². The van der Waals surface area contributed by atoms with Gasteiger partial charge in [-0.25, -0.2) is 12.7 Å². The van der Waals surface area contributed by atoms with Gasteiger partial charge in [-0.3, -0.25) is 14.4 Å². The molecule has 1 N–H and O–H groups in total. The molecule has 2 aliphatic rings. The molecule has 9 heteroatoms. The summed E-state index contributed by atoms with van der Waals surface area (Å²) in [5.41, 5.74) is 1.89. The van der Waals surface area contributed by atoms with Crippen LogP contribution in [0.1, 0.15) is 66.9 Å². The van der Waals surface area contributed by atoms with Gasteiger partial charge in [0.25, 0.3) is 15.9 Å². The standard InChI is InChI=1S/C27H33N3O5S/c1-3-23(26(32)28-21-12-5-4-6-13-21)29(17-20-11-9-10-19(2)16-20)25(31)18-30-27(33)22-14-7-8-15-24(22)36(30,34)35/h7-11,14-16,21,23H,3-6,12-13,17-18H2,1-2H3,(H,28,32). The van der Waals surface area contributed by atoms with Crippen LogP contribution in [0.5, 0.6) is 0 Å². The van der Waals surface area contributed by atoms with Crippen molar-refractivity contribution in [3.8, 4) is 0 Å². The van der Waals surface area contributed by atoms with E-state index >= 15 is 0 Å². The molecule has 0 bridgehead atoms. The van der Waals surface area contributed by atoms with Crippen molar-refractivity contribution >= 4 is 27.7 Å². The topological polar surface area (TPSA) is 104 Å². The fourth-order valence-corrected chi connectivity index (χ4v) is 6.59. The number of hydrogen-bond donors (Lipinski definition) is 1. The molecular weight excluding hydrogens is 478 g/mol. The number of sulfonamides is 1. The summed E-state index contributed by atoms with van der Waals surface area (Å²) in [5, 5.41) is 3.10. The van der Waals surface area contributed by atoms with Gasteiger partial charge in [-0.2, -0.15) is 0 Å². The highest BCUT2D eigenvalue weighted by atomic mass is 32.2. The second-order valence-corrected chi connectivity index (χ2v) is 11.4. The normalized spacial score (nSPS) is 17.9. The molecule has 2 aromatic rings. The third-order valence-corrected chi connectivity index (χ3v) is 8.75. The predicted molar refractivity (Wildman–Crippen MR) is 135 cm³/mol. The second-order valence-electron chi connectivity index (χ2n) is 9.59. The van der Waals surface area contributed by atoms with Crippen LogP contribution in [0.2, 0.25) is 0 Å². The quantitative estimate of drug-likeness (QED) is 0.585. The van der Waals surface area contributed by atoms with Crippen LogP contribution < -0.4 is 5.32 Å². The number of amides is 3. The van der Waals surface area contributed by atoms with Crippen LogP contribution in [0.25, 0.3) is 0 Å². The first-order chi connectivity index (χ1) is 17.2. The Morgan fingerprint density at radius 1 is 1.08 bits per heavy atom. The first kappa shape index (κ1) is 25.9. The molecule has 1 aliphatic carbocycles. The van der Waals surface area contributed by atoms with Crippen molar-refractivity contribution in [2.75, 3.05) is 6.54 Å². The number of aryl methyl sites for hydroxylation is 1. The number of carbonyl (C=O) groups excluding carboxylic acids is 3. The Morgan fingerprint density at radius 2 is 1.81 bits per heavy atom. The van der Waals surface area contributed by atoms with E-state index in [2.05, 4.69) is 5.32 Å². The lowest BCUT2D eigenvalue weighted by molar-refractivity contribution is -0.141. The van der Waals surface area contributed by atoms with Crippen LogP contribution in [0.15, 0.2) is 53.4 Å². The van der Waals surface area contributed by atoms with E-state index in [1.54, 1.807) is 12.1 Å². The summed E-state index contributed by atoms with van der Waals surface area (Å²) in [6.45, 7) is 3.24. The first-order valence-corrected chi connectivity index (χ1v) is 14.0. The van der Waals surface area contributed by atoms with Crippen LogP contribution in [0.3, 0.4) is 0 Å². The Morgan fingerprint density at radius 3 is 2.47 bits per heavy atom. The molecule has 8 nitrogen and oxygen atoms in total. The fraction of sp³-hybridized carbons (Fsp3) is 0.444. The van der Waals surface area contributed by atoms with Crippen molar-refractivity contribution in [3.63, 3.8) is 0 Å². The highest BCUT2D eigenvalue weighted by Crippen LogP contribution is 2.30. The molecule has 0 saturated heterocycles. The number of benzene rings is 2. The number of rotatable bonds is 8. The summed E-state index contributed by atoms with van der Waals surface area (Å²) >= 11 is 0. The van der Waals surface area contributed by atoms with E-state index in [4.69, 9.17) is 0 Å². The highest BCUT2D eigenvalue weighted by Gasteiger charge is 2.43. The van der Waals surface area contributed by atoms with Crippen molar-refractivity contribution in [1.82, 2.24) is 14.5 Å². The van der Waals surface area contributed by atoms with E-state index in [-0.39, 0.29) is 29.0 Å². The summed E-state index contributed by atoms with van der Waals surface area (Å²) in [6.07, 6.45) is 5.45. The zero-order valence-corrected chi connectivity index (χ0v) is 21.6. The molecule has 3 amide bonds. The molecule has 36 heavy (non-hydrogen) atoms. The number of nitrogens with one attached hydrogen (secondary N) is 1. The molecule has 192 valence electrons. The van der Waals surface area contributed by atoms with Gasteiger partial charge in [0.05, 0.1) is 5.56 Å². The van der Waals surface area contributed by atoms with Crippen molar-refractivity contribution in [2.24, 2.45) is 0 Å². The van der Waals surface area contributed by atoms with Gasteiger partial charge >= 0.3 is 0 Å². The van der Waals surface area contributed by atoms with Crippen LogP contribution in [0, 0.1) is 6.92 Å². The SMILES string of the molecule is CCC(C(=O)NC1CCCCC1)N(Cc1cccc(C)c1)C(=O)CN1C(=O)c2ccccc2S1(=O)=O. The van der Waals surface area contributed by atoms with Gasteiger partial charge in [0, 0.05) is 12.6 Å². The third-order valence-electron chi connectivity index (χ3n) is 6.96. The van der Waals surface area contributed by atoms with Crippen molar-refractivity contribution in [3.05, 3.63) is 65.2 Å². The largest absolute Gasteiger partial charge is 0.352 e. The van der Waals surface area contributed by atoms with Crippen LogP contribution in [-0.4, -0.2) is 54.0 Å². The first-order valence-electron chi connectivity index (χ1n) is 12.5. The Bertz CT molecular complexity index is 1250. The summed E-state index contributed by atoms with van der Waals surface area (Å²) in [5.74, 6) is -1.56. The zero-order chi connectivity index (χ0) is 25.9. The van der Waals surface area contributed by atoms with Gasteiger partial charge in [0.2, 0.25) is 11.8 Å². The van der Waals surface area contributed by atoms with E-state index in [1.165, 1.54) is 17.0 Å². The molecule has 0 aromatic heterocycles. The lowest BCUT2D eigenvalue weighted by Gasteiger charge is -2.33. The highest BCUT2D eigenvalue weighted by molar-refractivity contribution is 7.90. The Hall–Kier alpha value is -3.20. The number of carbonyl (C=O) groups is 3. The Balaban J connectivity index is 1.60. The molecule has 1 atom stereocenters. The molecule has 1 saturated carbocycles. The van der Waals surface area contributed by atoms with E-state index in [0.717, 1.165) is 43.2 Å².